The Bertz CT molecular complexity index is 1090. The van der Waals surface area contributed by atoms with Crippen LogP contribution in [0, 0.1) is 0 Å². The van der Waals surface area contributed by atoms with E-state index in [1.54, 1.807) is 35.2 Å². The third-order valence-corrected chi connectivity index (χ3v) is 9.12. The van der Waals surface area contributed by atoms with Gasteiger partial charge in [-0.3, -0.25) is 9.00 Å². The van der Waals surface area contributed by atoms with Crippen molar-refractivity contribution in [3.05, 3.63) is 59.2 Å². The smallest absolute Gasteiger partial charge is 0.255 e. The molecule has 6 nitrogen and oxygen atoms in total. The average Bonchev–Trinajstić information content (AvgIpc) is 3.26. The molecule has 160 valence electrons. The molecule has 1 amide bonds. The zero-order chi connectivity index (χ0) is 21.3. The lowest BCUT2D eigenvalue weighted by Crippen LogP contribution is -2.50. The number of rotatable bonds is 5. The molecule has 2 aromatic rings. The summed E-state index contributed by atoms with van der Waals surface area (Å²) >= 11 is 0. The van der Waals surface area contributed by atoms with Gasteiger partial charge in [0.25, 0.3) is 5.91 Å². The lowest BCUT2D eigenvalue weighted by molar-refractivity contribution is 0.0694. The topological polar surface area (TPSA) is 74.8 Å². The molecule has 0 spiro atoms. The number of fused-ring (bicyclic) bond motifs is 1. The van der Waals surface area contributed by atoms with Crippen LogP contribution in [0.1, 0.15) is 34.8 Å². The molecule has 0 saturated carbocycles. The summed E-state index contributed by atoms with van der Waals surface area (Å²) in [5, 5.41) is 0. The van der Waals surface area contributed by atoms with E-state index in [4.69, 9.17) is 0 Å². The third kappa shape index (κ3) is 3.96. The van der Waals surface area contributed by atoms with E-state index in [-0.39, 0.29) is 19.0 Å². The number of amides is 1. The molecule has 1 atom stereocenters. The van der Waals surface area contributed by atoms with Crippen molar-refractivity contribution >= 4 is 26.7 Å². The van der Waals surface area contributed by atoms with Gasteiger partial charge in [-0.25, -0.2) is 8.42 Å². The van der Waals surface area contributed by atoms with Gasteiger partial charge in [0.05, 0.1) is 26.2 Å². The average molecular weight is 447 g/mol. The van der Waals surface area contributed by atoms with E-state index in [2.05, 4.69) is 0 Å². The van der Waals surface area contributed by atoms with Crippen molar-refractivity contribution in [2.45, 2.75) is 36.0 Å². The van der Waals surface area contributed by atoms with E-state index < -0.39 is 20.8 Å². The molecule has 0 N–H and O–H groups in total. The summed E-state index contributed by atoms with van der Waals surface area (Å²) in [5.74, 6) is 0.249. The molecule has 1 fully saturated rings. The van der Waals surface area contributed by atoms with E-state index >= 15 is 0 Å². The number of carbonyl (C=O) groups is 1. The van der Waals surface area contributed by atoms with Crippen molar-refractivity contribution < 1.29 is 17.4 Å². The van der Waals surface area contributed by atoms with Gasteiger partial charge < -0.3 is 4.90 Å². The fraction of sp³-hybridized carbons (Fsp3) is 0.409. The van der Waals surface area contributed by atoms with Crippen LogP contribution in [0.4, 0.5) is 0 Å². The highest BCUT2D eigenvalue weighted by molar-refractivity contribution is 7.89. The van der Waals surface area contributed by atoms with Gasteiger partial charge in [0.2, 0.25) is 10.0 Å². The molecule has 1 saturated heterocycles. The maximum atomic E-state index is 13.1. The van der Waals surface area contributed by atoms with Gasteiger partial charge in [0.15, 0.2) is 0 Å². The highest BCUT2D eigenvalue weighted by Crippen LogP contribution is 2.27. The summed E-state index contributed by atoms with van der Waals surface area (Å²) in [6.45, 7) is 2.96. The molecule has 1 aliphatic heterocycles. The predicted octanol–water partition coefficient (Wildman–Crippen LogP) is 2.45. The molecule has 0 radical (unpaired) electrons. The van der Waals surface area contributed by atoms with Crippen molar-refractivity contribution in [1.29, 1.82) is 0 Å². The van der Waals surface area contributed by atoms with Gasteiger partial charge >= 0.3 is 0 Å². The van der Waals surface area contributed by atoms with E-state index in [0.717, 1.165) is 24.8 Å². The van der Waals surface area contributed by atoms with E-state index in [0.29, 0.717) is 34.2 Å². The SMILES string of the molecule is CC[S@](=O)c1ccccc1C(=O)N1CCN(S(=O)(=O)c2ccc3c(c2)CCC3)CC1. The zero-order valence-corrected chi connectivity index (χ0v) is 18.7. The van der Waals surface area contributed by atoms with E-state index in [1.807, 2.05) is 19.1 Å². The first-order valence-corrected chi connectivity index (χ1v) is 13.1. The summed E-state index contributed by atoms with van der Waals surface area (Å²) in [4.78, 5) is 15.6. The van der Waals surface area contributed by atoms with Gasteiger partial charge in [-0.15, -0.1) is 0 Å². The molecule has 2 aromatic carbocycles. The Morgan fingerprint density at radius 1 is 1.00 bits per heavy atom. The summed E-state index contributed by atoms with van der Waals surface area (Å²) in [7, 11) is -4.80. The number of piperazine rings is 1. The van der Waals surface area contributed by atoms with E-state index in [9.17, 15) is 17.4 Å². The van der Waals surface area contributed by atoms with Crippen LogP contribution in [-0.2, 0) is 33.7 Å². The first-order chi connectivity index (χ1) is 14.4. The van der Waals surface area contributed by atoms with Crippen LogP contribution in [0.25, 0.3) is 0 Å². The third-order valence-electron chi connectivity index (χ3n) is 5.86. The second-order valence-electron chi connectivity index (χ2n) is 7.61. The van der Waals surface area contributed by atoms with Crippen molar-refractivity contribution in [3.63, 3.8) is 0 Å². The summed E-state index contributed by atoms with van der Waals surface area (Å²) in [6, 6.07) is 12.4. The van der Waals surface area contributed by atoms with Crippen molar-refractivity contribution in [2.75, 3.05) is 31.9 Å². The molecular formula is C22H26N2O4S2. The zero-order valence-electron chi connectivity index (χ0n) is 17.0. The lowest BCUT2D eigenvalue weighted by Gasteiger charge is -2.34. The largest absolute Gasteiger partial charge is 0.336 e. The summed E-state index contributed by atoms with van der Waals surface area (Å²) in [6.07, 6.45) is 3.02. The summed E-state index contributed by atoms with van der Waals surface area (Å²) in [5.41, 5.74) is 2.81. The molecule has 4 rings (SSSR count). The molecule has 30 heavy (non-hydrogen) atoms. The number of hydrogen-bond acceptors (Lipinski definition) is 4. The molecule has 2 aliphatic rings. The van der Waals surface area contributed by atoms with Gasteiger partial charge in [-0.05, 0) is 54.7 Å². The highest BCUT2D eigenvalue weighted by Gasteiger charge is 2.32. The minimum atomic E-state index is -3.58. The molecule has 0 unspecified atom stereocenters. The van der Waals surface area contributed by atoms with Crippen LogP contribution >= 0.6 is 0 Å². The minimum Gasteiger partial charge on any atom is -0.336 e. The van der Waals surface area contributed by atoms with Crippen molar-refractivity contribution in [3.8, 4) is 0 Å². The molecule has 0 aromatic heterocycles. The molecule has 1 aliphatic carbocycles. The van der Waals surface area contributed by atoms with E-state index in [1.165, 1.54) is 9.87 Å². The number of carbonyl (C=O) groups excluding carboxylic acids is 1. The Morgan fingerprint density at radius 2 is 1.70 bits per heavy atom. The fourth-order valence-electron chi connectivity index (χ4n) is 4.16. The monoisotopic (exact) mass is 446 g/mol. The molecule has 8 heteroatoms. The van der Waals surface area contributed by atoms with Crippen LogP contribution < -0.4 is 0 Å². The van der Waals surface area contributed by atoms with Crippen LogP contribution in [0.2, 0.25) is 0 Å². The van der Waals surface area contributed by atoms with Gasteiger partial charge in [-0.1, -0.05) is 25.1 Å². The maximum Gasteiger partial charge on any atom is 0.255 e. The number of sulfonamides is 1. The Labute approximate surface area is 180 Å². The number of aryl methyl sites for hydroxylation is 2. The second-order valence-corrected chi connectivity index (χ2v) is 11.3. The van der Waals surface area contributed by atoms with Crippen molar-refractivity contribution in [1.82, 2.24) is 9.21 Å². The normalized spacial score (nSPS) is 18.2. The number of nitrogens with zero attached hydrogens (tertiary/aromatic N) is 2. The van der Waals surface area contributed by atoms with Crippen LogP contribution in [0.15, 0.2) is 52.3 Å². The van der Waals surface area contributed by atoms with Gasteiger partial charge in [0.1, 0.15) is 0 Å². The fourth-order valence-corrected chi connectivity index (χ4v) is 6.57. The van der Waals surface area contributed by atoms with Crippen LogP contribution in [-0.4, -0.2) is 59.7 Å². The minimum absolute atomic E-state index is 0.193. The van der Waals surface area contributed by atoms with Crippen LogP contribution in [0.5, 0.6) is 0 Å². The molecule has 0 bridgehead atoms. The maximum absolute atomic E-state index is 13.1. The standard InChI is InChI=1S/C22H26N2O4S2/c1-2-29(26)21-9-4-3-8-20(21)22(25)23-12-14-24(15-13-23)30(27,28)19-11-10-17-6-5-7-18(17)16-19/h3-4,8-11,16H,2,5-7,12-15H2,1H3/t29-/m0/s1. The van der Waals surface area contributed by atoms with Gasteiger partial charge in [-0.2, -0.15) is 4.31 Å². The Balaban J connectivity index is 1.48. The Kier molecular flexibility index (Phi) is 6.09. The Morgan fingerprint density at radius 3 is 2.43 bits per heavy atom. The highest BCUT2D eigenvalue weighted by atomic mass is 32.2. The van der Waals surface area contributed by atoms with Crippen molar-refractivity contribution in [2.24, 2.45) is 0 Å². The molecular weight excluding hydrogens is 420 g/mol. The second kappa shape index (κ2) is 8.61. The molecule has 1 heterocycles. The number of hydrogen-bond donors (Lipinski definition) is 0. The Hall–Kier alpha value is -2.03. The van der Waals surface area contributed by atoms with Crippen LogP contribution in [0.3, 0.4) is 0 Å². The first-order valence-electron chi connectivity index (χ1n) is 10.3. The summed E-state index contributed by atoms with van der Waals surface area (Å²) < 4.78 is 40.0. The van der Waals surface area contributed by atoms with Gasteiger partial charge in [0, 0.05) is 31.9 Å². The first kappa shape index (κ1) is 21.2. The lowest BCUT2D eigenvalue weighted by atomic mass is 10.1. The predicted molar refractivity (Wildman–Crippen MR) is 117 cm³/mol. The quantitative estimate of drug-likeness (QED) is 0.707. The number of benzene rings is 2.